The van der Waals surface area contributed by atoms with Gasteiger partial charge in [0, 0.05) is 10.9 Å². The van der Waals surface area contributed by atoms with Crippen LogP contribution in [0.15, 0.2) is 36.4 Å². The number of benzene rings is 2. The molecule has 0 atom stereocenters. The molecule has 0 saturated carbocycles. The van der Waals surface area contributed by atoms with Crippen LogP contribution in [-0.2, 0) is 5.54 Å². The molecule has 0 aliphatic heterocycles. The second-order valence-electron chi connectivity index (χ2n) is 6.26. The molecule has 0 amide bonds. The summed E-state index contributed by atoms with van der Waals surface area (Å²) in [7, 11) is 0. The Morgan fingerprint density at radius 3 is 2.15 bits per heavy atom. The minimum Gasteiger partial charge on any atom is -0.344 e. The standard InChI is InChI=1S/C18H18N2/c1-12-8-6-9-13-14-10-7-11-15(19-5)17(14)20(16(12)13)18(2,3)4/h6-11H,1-4H3. The van der Waals surface area contributed by atoms with E-state index in [1.165, 1.54) is 21.9 Å². The van der Waals surface area contributed by atoms with Gasteiger partial charge in [0.05, 0.1) is 17.6 Å². The van der Waals surface area contributed by atoms with E-state index in [-0.39, 0.29) is 5.54 Å². The first-order valence-electron chi connectivity index (χ1n) is 6.86. The van der Waals surface area contributed by atoms with Gasteiger partial charge in [-0.15, -0.1) is 0 Å². The van der Waals surface area contributed by atoms with Crippen molar-refractivity contribution in [2.75, 3.05) is 0 Å². The maximum absolute atomic E-state index is 7.47. The predicted molar refractivity (Wildman–Crippen MR) is 85.4 cm³/mol. The van der Waals surface area contributed by atoms with Crippen LogP contribution in [0.5, 0.6) is 0 Å². The third-order valence-corrected chi connectivity index (χ3v) is 3.78. The van der Waals surface area contributed by atoms with Gasteiger partial charge in [-0.3, -0.25) is 0 Å². The van der Waals surface area contributed by atoms with E-state index in [9.17, 15) is 0 Å². The van der Waals surface area contributed by atoms with Crippen LogP contribution in [-0.4, -0.2) is 4.57 Å². The van der Waals surface area contributed by atoms with Crippen molar-refractivity contribution < 1.29 is 0 Å². The monoisotopic (exact) mass is 262 g/mol. The van der Waals surface area contributed by atoms with E-state index in [1.807, 2.05) is 12.1 Å². The molecular formula is C18H18N2. The maximum atomic E-state index is 7.47. The highest BCUT2D eigenvalue weighted by Gasteiger charge is 2.22. The zero-order valence-corrected chi connectivity index (χ0v) is 12.4. The Morgan fingerprint density at radius 1 is 0.950 bits per heavy atom. The van der Waals surface area contributed by atoms with Gasteiger partial charge < -0.3 is 4.57 Å². The minimum absolute atomic E-state index is 0.0626. The summed E-state index contributed by atoms with van der Waals surface area (Å²) < 4.78 is 2.32. The van der Waals surface area contributed by atoms with Crippen molar-refractivity contribution in [3.05, 3.63) is 53.4 Å². The Bertz CT molecular complexity index is 855. The number of fused-ring (bicyclic) bond motifs is 3. The first-order valence-corrected chi connectivity index (χ1v) is 6.86. The summed E-state index contributed by atoms with van der Waals surface area (Å²) in [5.41, 5.74) is 4.22. The summed E-state index contributed by atoms with van der Waals surface area (Å²) in [6.45, 7) is 16.2. The number of hydrogen-bond donors (Lipinski definition) is 0. The van der Waals surface area contributed by atoms with Crippen molar-refractivity contribution in [1.29, 1.82) is 0 Å². The summed E-state index contributed by atoms with van der Waals surface area (Å²) in [5, 5.41) is 2.41. The Labute approximate surface area is 119 Å². The van der Waals surface area contributed by atoms with Crippen LogP contribution >= 0.6 is 0 Å². The van der Waals surface area contributed by atoms with Gasteiger partial charge in [-0.1, -0.05) is 36.4 Å². The predicted octanol–water partition coefficient (Wildman–Crippen LogP) is 5.41. The van der Waals surface area contributed by atoms with Gasteiger partial charge in [0.25, 0.3) is 0 Å². The summed E-state index contributed by atoms with van der Waals surface area (Å²) in [6, 6.07) is 12.4. The molecule has 3 aromatic rings. The Kier molecular flexibility index (Phi) is 2.62. The lowest BCUT2D eigenvalue weighted by Gasteiger charge is -2.25. The lowest BCUT2D eigenvalue weighted by molar-refractivity contribution is 0.423. The zero-order valence-electron chi connectivity index (χ0n) is 12.4. The van der Waals surface area contributed by atoms with Crippen LogP contribution < -0.4 is 0 Å². The molecular weight excluding hydrogens is 244 g/mol. The van der Waals surface area contributed by atoms with Gasteiger partial charge in [0.1, 0.15) is 0 Å². The average molecular weight is 262 g/mol. The molecule has 3 rings (SSSR count). The van der Waals surface area contributed by atoms with Crippen molar-refractivity contribution in [1.82, 2.24) is 4.57 Å². The Balaban J connectivity index is 2.70. The fraction of sp³-hybridized carbons (Fsp3) is 0.278. The number of hydrogen-bond acceptors (Lipinski definition) is 0. The number of aryl methyl sites for hydroxylation is 1. The van der Waals surface area contributed by atoms with Gasteiger partial charge in [-0.25, -0.2) is 4.85 Å². The van der Waals surface area contributed by atoms with Crippen LogP contribution in [0.25, 0.3) is 26.7 Å². The van der Waals surface area contributed by atoms with Crippen LogP contribution in [0.4, 0.5) is 5.69 Å². The lowest BCUT2D eigenvalue weighted by Crippen LogP contribution is -2.21. The molecule has 2 nitrogen and oxygen atoms in total. The van der Waals surface area contributed by atoms with Crippen molar-refractivity contribution in [3.8, 4) is 0 Å². The summed E-state index contributed by atoms with van der Waals surface area (Å²) in [6.07, 6.45) is 0. The minimum atomic E-state index is -0.0626. The van der Waals surface area contributed by atoms with Crippen molar-refractivity contribution >= 4 is 27.5 Å². The fourth-order valence-corrected chi connectivity index (χ4v) is 3.03. The molecule has 0 unspecified atom stereocenters. The van der Waals surface area contributed by atoms with Gasteiger partial charge in [-0.2, -0.15) is 0 Å². The molecule has 0 aliphatic carbocycles. The molecule has 1 heterocycles. The van der Waals surface area contributed by atoms with Crippen molar-refractivity contribution in [2.45, 2.75) is 33.2 Å². The third kappa shape index (κ3) is 1.63. The van der Waals surface area contributed by atoms with Gasteiger partial charge >= 0.3 is 0 Å². The highest BCUT2D eigenvalue weighted by atomic mass is 15.1. The van der Waals surface area contributed by atoms with E-state index in [2.05, 4.69) is 61.4 Å². The number of para-hydroxylation sites is 2. The molecule has 0 fully saturated rings. The molecule has 0 saturated heterocycles. The second kappa shape index (κ2) is 4.11. The highest BCUT2D eigenvalue weighted by molar-refractivity contribution is 6.13. The fourth-order valence-electron chi connectivity index (χ4n) is 3.03. The molecule has 2 aromatic carbocycles. The molecule has 0 aliphatic rings. The van der Waals surface area contributed by atoms with Gasteiger partial charge in [0.2, 0.25) is 5.69 Å². The molecule has 1 aromatic heterocycles. The first kappa shape index (κ1) is 12.7. The van der Waals surface area contributed by atoms with E-state index >= 15 is 0 Å². The molecule has 0 N–H and O–H groups in total. The normalized spacial score (nSPS) is 11.9. The van der Waals surface area contributed by atoms with E-state index in [4.69, 9.17) is 6.57 Å². The van der Waals surface area contributed by atoms with Crippen molar-refractivity contribution in [3.63, 3.8) is 0 Å². The number of aromatic nitrogens is 1. The molecule has 0 radical (unpaired) electrons. The molecule has 100 valence electrons. The van der Waals surface area contributed by atoms with E-state index in [1.54, 1.807) is 0 Å². The second-order valence-corrected chi connectivity index (χ2v) is 6.26. The molecule has 20 heavy (non-hydrogen) atoms. The van der Waals surface area contributed by atoms with Crippen LogP contribution in [0.3, 0.4) is 0 Å². The number of rotatable bonds is 0. The Hall–Kier alpha value is -2.27. The largest absolute Gasteiger partial charge is 0.344 e. The van der Waals surface area contributed by atoms with Gasteiger partial charge in [0.15, 0.2) is 0 Å². The quantitative estimate of drug-likeness (QED) is 0.479. The number of nitrogens with zero attached hydrogens (tertiary/aromatic N) is 2. The van der Waals surface area contributed by atoms with Gasteiger partial charge in [-0.05, 0) is 38.6 Å². The topological polar surface area (TPSA) is 9.29 Å². The average Bonchev–Trinajstić information content (AvgIpc) is 2.74. The Morgan fingerprint density at radius 2 is 1.55 bits per heavy atom. The molecule has 2 heteroatoms. The zero-order chi connectivity index (χ0) is 14.5. The van der Waals surface area contributed by atoms with E-state index < -0.39 is 0 Å². The maximum Gasteiger partial charge on any atom is 0.210 e. The summed E-state index contributed by atoms with van der Waals surface area (Å²) >= 11 is 0. The SMILES string of the molecule is [C-]#[N+]c1cccc2c3cccc(C)c3n(C(C)(C)C)c12. The lowest BCUT2D eigenvalue weighted by atomic mass is 10.1. The third-order valence-electron chi connectivity index (χ3n) is 3.78. The summed E-state index contributed by atoms with van der Waals surface area (Å²) in [4.78, 5) is 3.73. The van der Waals surface area contributed by atoms with Crippen molar-refractivity contribution in [2.24, 2.45) is 0 Å². The smallest absolute Gasteiger partial charge is 0.210 e. The van der Waals surface area contributed by atoms with E-state index in [0.717, 1.165) is 11.2 Å². The van der Waals surface area contributed by atoms with Crippen LogP contribution in [0.2, 0.25) is 0 Å². The van der Waals surface area contributed by atoms with E-state index in [0.29, 0.717) is 0 Å². The van der Waals surface area contributed by atoms with Crippen LogP contribution in [0, 0.1) is 13.5 Å². The molecule has 0 bridgehead atoms. The highest BCUT2D eigenvalue weighted by Crippen LogP contribution is 2.39. The van der Waals surface area contributed by atoms with Crippen LogP contribution in [0.1, 0.15) is 26.3 Å². The first-order chi connectivity index (χ1) is 9.45. The molecule has 0 spiro atoms. The summed E-state index contributed by atoms with van der Waals surface area (Å²) in [5.74, 6) is 0.